The maximum absolute atomic E-state index is 11.6. The summed E-state index contributed by atoms with van der Waals surface area (Å²) >= 11 is 0. The van der Waals surface area contributed by atoms with Gasteiger partial charge in [0, 0.05) is 38.1 Å². The van der Waals surface area contributed by atoms with Gasteiger partial charge in [0.25, 0.3) is 11.8 Å². The minimum Gasteiger partial charge on any atom is -0.377 e. The third-order valence-electron chi connectivity index (χ3n) is 2.96. The van der Waals surface area contributed by atoms with Crippen LogP contribution in [0.15, 0.2) is 12.2 Å². The summed E-state index contributed by atoms with van der Waals surface area (Å²) < 4.78 is 5.21. The summed E-state index contributed by atoms with van der Waals surface area (Å²) in [5.41, 5.74) is 0. The molecule has 0 unspecified atom stereocenters. The van der Waals surface area contributed by atoms with Crippen LogP contribution in [0.1, 0.15) is 19.8 Å². The maximum Gasteiger partial charge on any atom is 0.253 e. The molecule has 9 nitrogen and oxygen atoms in total. The van der Waals surface area contributed by atoms with Crippen LogP contribution in [-0.4, -0.2) is 67.9 Å². The number of rotatable bonds is 13. The van der Waals surface area contributed by atoms with Crippen molar-refractivity contribution in [2.75, 3.05) is 39.5 Å². The Balaban J connectivity index is 1.90. The summed E-state index contributed by atoms with van der Waals surface area (Å²) in [5, 5.41) is 2.62. The van der Waals surface area contributed by atoms with Crippen LogP contribution in [0.5, 0.6) is 0 Å². The first-order valence-corrected chi connectivity index (χ1v) is 7.62. The van der Waals surface area contributed by atoms with Gasteiger partial charge in [0.2, 0.25) is 5.91 Å². The van der Waals surface area contributed by atoms with Gasteiger partial charge >= 0.3 is 0 Å². The van der Waals surface area contributed by atoms with Crippen LogP contribution < -0.4 is 5.32 Å². The van der Waals surface area contributed by atoms with E-state index in [2.05, 4.69) is 5.32 Å². The van der Waals surface area contributed by atoms with Crippen LogP contribution in [0.25, 0.3) is 0 Å². The van der Waals surface area contributed by atoms with Gasteiger partial charge in [-0.1, -0.05) is 0 Å². The van der Waals surface area contributed by atoms with Crippen molar-refractivity contribution in [2.24, 2.45) is 0 Å². The third-order valence-corrected chi connectivity index (χ3v) is 2.96. The molecule has 0 atom stereocenters. The molecule has 1 aliphatic heterocycles. The van der Waals surface area contributed by atoms with E-state index in [1.54, 1.807) is 0 Å². The molecule has 0 saturated heterocycles. The molecule has 9 heteroatoms. The van der Waals surface area contributed by atoms with Gasteiger partial charge in [-0.2, -0.15) is 0 Å². The van der Waals surface area contributed by atoms with Crippen molar-refractivity contribution in [1.82, 2.24) is 10.2 Å². The molecule has 1 rings (SSSR count). The van der Waals surface area contributed by atoms with Crippen molar-refractivity contribution in [3.05, 3.63) is 12.2 Å². The summed E-state index contributed by atoms with van der Waals surface area (Å²) in [7, 11) is 0. The predicted octanol–water partition coefficient (Wildman–Crippen LogP) is -0.638. The van der Waals surface area contributed by atoms with Crippen molar-refractivity contribution in [2.45, 2.75) is 19.8 Å². The molecule has 1 N–H and O–H groups in total. The van der Waals surface area contributed by atoms with E-state index in [0.29, 0.717) is 26.2 Å². The number of nitrogens with zero attached hydrogens (tertiary/aromatic N) is 1. The summed E-state index contributed by atoms with van der Waals surface area (Å²) in [4.78, 5) is 55.3. The normalized spacial score (nSPS) is 13.6. The molecule has 24 heavy (non-hydrogen) atoms. The van der Waals surface area contributed by atoms with E-state index in [0.717, 1.165) is 4.90 Å². The van der Waals surface area contributed by atoms with Crippen molar-refractivity contribution < 1.29 is 33.7 Å². The highest BCUT2D eigenvalue weighted by Gasteiger charge is 2.23. The lowest BCUT2D eigenvalue weighted by Gasteiger charge is -2.13. The number of carbonyl (C=O) groups excluding carboxylic acids is 4. The van der Waals surface area contributed by atoms with E-state index >= 15 is 0 Å². The number of carbonyl (C=O) groups is 4. The SMILES string of the molecule is CC(=O)CCOOCCOCCNC(=O)CCN1C(=O)C=CC1=O. The zero-order valence-electron chi connectivity index (χ0n) is 13.6. The fraction of sp³-hybridized carbons (Fsp3) is 0.600. The monoisotopic (exact) mass is 342 g/mol. The Labute approximate surface area is 139 Å². The van der Waals surface area contributed by atoms with Gasteiger partial charge < -0.3 is 10.1 Å². The Bertz CT molecular complexity index is 472. The number of amides is 3. The largest absolute Gasteiger partial charge is 0.377 e. The highest BCUT2D eigenvalue weighted by molar-refractivity contribution is 6.13. The predicted molar refractivity (Wildman–Crippen MR) is 81.5 cm³/mol. The van der Waals surface area contributed by atoms with Crippen LogP contribution in [0.3, 0.4) is 0 Å². The van der Waals surface area contributed by atoms with Crippen LogP contribution in [-0.2, 0) is 33.7 Å². The summed E-state index contributed by atoms with van der Waals surface area (Å²) in [6, 6.07) is 0. The third kappa shape index (κ3) is 8.51. The lowest BCUT2D eigenvalue weighted by molar-refractivity contribution is -0.298. The Morgan fingerprint density at radius 2 is 1.67 bits per heavy atom. The molecular formula is C15H22N2O7. The van der Waals surface area contributed by atoms with E-state index in [1.807, 2.05) is 0 Å². The molecule has 0 aromatic heterocycles. The molecule has 0 radical (unpaired) electrons. The van der Waals surface area contributed by atoms with E-state index < -0.39 is 11.8 Å². The Morgan fingerprint density at radius 1 is 1.00 bits per heavy atom. The second kappa shape index (κ2) is 11.4. The first-order valence-electron chi connectivity index (χ1n) is 7.62. The van der Waals surface area contributed by atoms with Crippen molar-refractivity contribution in [3.8, 4) is 0 Å². The summed E-state index contributed by atoms with van der Waals surface area (Å²) in [6.07, 6.45) is 2.71. The standard InChI is InChI=1S/C15H22N2O7/c1-12(18)5-8-23-24-11-10-22-9-6-16-13(19)4-7-17-14(20)2-3-15(17)21/h2-3H,4-11H2,1H3,(H,16,19). The van der Waals surface area contributed by atoms with Crippen molar-refractivity contribution in [3.63, 3.8) is 0 Å². The smallest absolute Gasteiger partial charge is 0.253 e. The van der Waals surface area contributed by atoms with Gasteiger partial charge in [-0.25, -0.2) is 9.78 Å². The highest BCUT2D eigenvalue weighted by atomic mass is 17.2. The Kier molecular flexibility index (Phi) is 9.51. The first kappa shape index (κ1) is 19.9. The lowest BCUT2D eigenvalue weighted by atomic mass is 10.3. The molecule has 0 fully saturated rings. The molecular weight excluding hydrogens is 320 g/mol. The van der Waals surface area contributed by atoms with Gasteiger partial charge in [-0.3, -0.25) is 24.1 Å². The van der Waals surface area contributed by atoms with E-state index in [-0.39, 0.29) is 37.9 Å². The van der Waals surface area contributed by atoms with E-state index in [9.17, 15) is 19.2 Å². The van der Waals surface area contributed by atoms with Gasteiger partial charge in [-0.05, 0) is 6.92 Å². The average molecular weight is 342 g/mol. The molecule has 0 aliphatic carbocycles. The molecule has 134 valence electrons. The number of ether oxygens (including phenoxy) is 1. The first-order chi connectivity index (χ1) is 11.5. The van der Waals surface area contributed by atoms with Crippen molar-refractivity contribution >= 4 is 23.5 Å². The number of Topliss-reactive ketones (excluding diaryl/α,β-unsaturated/α-hetero) is 1. The molecule has 1 heterocycles. The van der Waals surface area contributed by atoms with E-state index in [4.69, 9.17) is 14.5 Å². The molecule has 3 amide bonds. The number of imide groups is 1. The molecule has 0 saturated carbocycles. The molecule has 0 spiro atoms. The van der Waals surface area contributed by atoms with Gasteiger partial charge in [-0.15, -0.1) is 0 Å². The number of hydrogen-bond acceptors (Lipinski definition) is 7. The summed E-state index contributed by atoms with van der Waals surface area (Å²) in [6.45, 7) is 2.86. The maximum atomic E-state index is 11.6. The van der Waals surface area contributed by atoms with Gasteiger partial charge in [0.1, 0.15) is 12.4 Å². The fourth-order valence-electron chi connectivity index (χ4n) is 1.71. The molecule has 1 aliphatic rings. The number of ketones is 1. The second-order valence-corrected chi connectivity index (χ2v) is 4.97. The Hall–Kier alpha value is -2.10. The van der Waals surface area contributed by atoms with Gasteiger partial charge in [0.05, 0.1) is 19.8 Å². The zero-order chi connectivity index (χ0) is 17.8. The van der Waals surface area contributed by atoms with E-state index in [1.165, 1.54) is 19.1 Å². The average Bonchev–Trinajstić information content (AvgIpc) is 2.85. The number of nitrogens with one attached hydrogen (secondary N) is 1. The number of hydrogen-bond donors (Lipinski definition) is 1. The second-order valence-electron chi connectivity index (χ2n) is 4.97. The zero-order valence-corrected chi connectivity index (χ0v) is 13.6. The molecule has 0 aromatic carbocycles. The minimum atomic E-state index is -0.401. The lowest BCUT2D eigenvalue weighted by Crippen LogP contribution is -2.35. The topological polar surface area (TPSA) is 111 Å². The Morgan fingerprint density at radius 3 is 2.33 bits per heavy atom. The minimum absolute atomic E-state index is 0.0281. The molecule has 0 bridgehead atoms. The summed E-state index contributed by atoms with van der Waals surface area (Å²) in [5.74, 6) is -1.04. The van der Waals surface area contributed by atoms with Crippen molar-refractivity contribution in [1.29, 1.82) is 0 Å². The van der Waals surface area contributed by atoms with Gasteiger partial charge in [0.15, 0.2) is 0 Å². The highest BCUT2D eigenvalue weighted by Crippen LogP contribution is 2.03. The molecule has 0 aromatic rings. The van der Waals surface area contributed by atoms with Crippen LogP contribution in [0.2, 0.25) is 0 Å². The van der Waals surface area contributed by atoms with Crippen LogP contribution >= 0.6 is 0 Å². The quantitative estimate of drug-likeness (QED) is 0.205. The van der Waals surface area contributed by atoms with Crippen LogP contribution in [0.4, 0.5) is 0 Å². The van der Waals surface area contributed by atoms with Crippen LogP contribution in [0, 0.1) is 0 Å². The fourth-order valence-corrected chi connectivity index (χ4v) is 1.71.